The molecule has 0 atom stereocenters. The fraction of sp³-hybridized carbons (Fsp3) is 0.143. The van der Waals surface area contributed by atoms with Crippen molar-refractivity contribution in [3.05, 3.63) is 47.8 Å². The summed E-state index contributed by atoms with van der Waals surface area (Å²) in [6.07, 6.45) is -2.55. The number of alkyl halides is 3. The number of benzene rings is 1. The van der Waals surface area contributed by atoms with Crippen molar-refractivity contribution in [1.29, 1.82) is 0 Å². The summed E-state index contributed by atoms with van der Waals surface area (Å²) in [5.41, 5.74) is 2.44. The Labute approximate surface area is 113 Å². The molecule has 0 radical (unpaired) electrons. The number of aromatic nitrogens is 1. The lowest BCUT2D eigenvalue weighted by atomic mass is 10.1. The molecular weight excluding hydrogens is 271 g/mol. The predicted molar refractivity (Wildman–Crippen MR) is 66.5 cm³/mol. The van der Waals surface area contributed by atoms with Gasteiger partial charge in [-0.05, 0) is 36.2 Å². The van der Waals surface area contributed by atoms with Crippen molar-refractivity contribution in [1.82, 2.24) is 4.98 Å². The molecule has 0 aliphatic rings. The van der Waals surface area contributed by atoms with E-state index in [1.165, 1.54) is 30.5 Å². The number of rotatable bonds is 3. The number of hydrogen-bond donors (Lipinski definition) is 0. The van der Waals surface area contributed by atoms with Crippen LogP contribution in [0.2, 0.25) is 0 Å². The summed E-state index contributed by atoms with van der Waals surface area (Å²) < 4.78 is 39.9. The Bertz CT molecular complexity index is 621. The summed E-state index contributed by atoms with van der Waals surface area (Å²) in [6.45, 7) is 1.74. The van der Waals surface area contributed by atoms with Gasteiger partial charge in [-0.2, -0.15) is 0 Å². The van der Waals surface area contributed by atoms with E-state index in [0.717, 1.165) is 0 Å². The zero-order chi connectivity index (χ0) is 14.8. The van der Waals surface area contributed by atoms with Crippen molar-refractivity contribution in [2.45, 2.75) is 13.3 Å². The lowest BCUT2D eigenvalue weighted by molar-refractivity contribution is -0.274. The van der Waals surface area contributed by atoms with E-state index in [0.29, 0.717) is 28.7 Å². The minimum atomic E-state index is -4.70. The smallest absolute Gasteiger partial charge is 0.406 e. The topological polar surface area (TPSA) is 39.2 Å². The molecule has 0 N–H and O–H groups in total. The molecule has 6 heteroatoms. The summed E-state index contributed by atoms with van der Waals surface area (Å²) in [4.78, 5) is 14.6. The standard InChI is InChI=1S/C14H10F3NO2/c1-9-6-11(7-18-13(9)8-19)10-2-4-12(5-3-10)20-14(15,16)17/h2-8H,1H3. The van der Waals surface area contributed by atoms with Crippen molar-refractivity contribution < 1.29 is 22.7 Å². The van der Waals surface area contributed by atoms with Crippen LogP contribution in [0.5, 0.6) is 5.75 Å². The minimum Gasteiger partial charge on any atom is -0.406 e. The largest absolute Gasteiger partial charge is 0.573 e. The van der Waals surface area contributed by atoms with Gasteiger partial charge in [0, 0.05) is 11.8 Å². The second-order valence-corrected chi connectivity index (χ2v) is 4.12. The molecule has 0 aliphatic heterocycles. The van der Waals surface area contributed by atoms with Gasteiger partial charge >= 0.3 is 6.36 Å². The molecule has 0 saturated heterocycles. The molecular formula is C14H10F3NO2. The fourth-order valence-corrected chi connectivity index (χ4v) is 1.72. The van der Waals surface area contributed by atoms with E-state index in [2.05, 4.69) is 9.72 Å². The normalized spacial score (nSPS) is 11.2. The van der Waals surface area contributed by atoms with Crippen molar-refractivity contribution in [2.75, 3.05) is 0 Å². The molecule has 0 saturated carbocycles. The van der Waals surface area contributed by atoms with Gasteiger partial charge in [0.2, 0.25) is 0 Å². The first-order chi connectivity index (χ1) is 9.39. The molecule has 0 unspecified atom stereocenters. The maximum Gasteiger partial charge on any atom is 0.573 e. The van der Waals surface area contributed by atoms with Gasteiger partial charge in [0.25, 0.3) is 0 Å². The van der Waals surface area contributed by atoms with Crippen LogP contribution in [0.3, 0.4) is 0 Å². The highest BCUT2D eigenvalue weighted by molar-refractivity contribution is 5.76. The number of aryl methyl sites for hydroxylation is 1. The minimum absolute atomic E-state index is 0.282. The Hall–Kier alpha value is -2.37. The highest BCUT2D eigenvalue weighted by Gasteiger charge is 2.30. The van der Waals surface area contributed by atoms with Gasteiger partial charge in [0.1, 0.15) is 11.4 Å². The van der Waals surface area contributed by atoms with Gasteiger partial charge in [-0.1, -0.05) is 12.1 Å². The molecule has 1 aromatic carbocycles. The van der Waals surface area contributed by atoms with Crippen molar-refractivity contribution in [2.24, 2.45) is 0 Å². The van der Waals surface area contributed by atoms with Crippen LogP contribution in [-0.2, 0) is 0 Å². The number of aldehydes is 1. The number of hydrogen-bond acceptors (Lipinski definition) is 3. The van der Waals surface area contributed by atoms with Crippen molar-refractivity contribution in [3.63, 3.8) is 0 Å². The molecule has 0 bridgehead atoms. The van der Waals surface area contributed by atoms with E-state index in [4.69, 9.17) is 0 Å². The van der Waals surface area contributed by atoms with Crippen molar-refractivity contribution in [3.8, 4) is 16.9 Å². The monoisotopic (exact) mass is 281 g/mol. The Morgan fingerprint density at radius 1 is 1.15 bits per heavy atom. The first kappa shape index (κ1) is 14.0. The molecule has 0 spiro atoms. The highest BCUT2D eigenvalue weighted by atomic mass is 19.4. The molecule has 0 fully saturated rings. The number of pyridine rings is 1. The Morgan fingerprint density at radius 2 is 1.80 bits per heavy atom. The lowest BCUT2D eigenvalue weighted by Gasteiger charge is -2.09. The second kappa shape index (κ2) is 5.32. The first-order valence-corrected chi connectivity index (χ1v) is 5.67. The van der Waals surface area contributed by atoms with E-state index >= 15 is 0 Å². The number of nitrogens with zero attached hydrogens (tertiary/aromatic N) is 1. The number of carbonyl (C=O) groups is 1. The maximum absolute atomic E-state index is 12.0. The summed E-state index contributed by atoms with van der Waals surface area (Å²) in [5.74, 6) is -0.282. The third-order valence-electron chi connectivity index (χ3n) is 2.65. The van der Waals surface area contributed by atoms with Gasteiger partial charge in [0.05, 0.1) is 0 Å². The molecule has 0 amide bonds. The third-order valence-corrected chi connectivity index (χ3v) is 2.65. The van der Waals surface area contributed by atoms with Crippen LogP contribution in [0, 0.1) is 6.92 Å². The van der Waals surface area contributed by atoms with Crippen LogP contribution in [0.4, 0.5) is 13.2 Å². The summed E-state index contributed by atoms with van der Waals surface area (Å²) in [6, 6.07) is 7.20. The molecule has 3 nitrogen and oxygen atoms in total. The number of halogens is 3. The molecule has 0 aliphatic carbocycles. The van der Waals surface area contributed by atoms with E-state index < -0.39 is 6.36 Å². The SMILES string of the molecule is Cc1cc(-c2ccc(OC(F)(F)F)cc2)cnc1C=O. The van der Waals surface area contributed by atoms with Crippen LogP contribution < -0.4 is 4.74 Å². The van der Waals surface area contributed by atoms with Crippen molar-refractivity contribution >= 4 is 6.29 Å². The van der Waals surface area contributed by atoms with Gasteiger partial charge in [-0.15, -0.1) is 13.2 Å². The quantitative estimate of drug-likeness (QED) is 0.804. The van der Waals surface area contributed by atoms with Crippen LogP contribution in [0.15, 0.2) is 36.5 Å². The van der Waals surface area contributed by atoms with E-state index in [9.17, 15) is 18.0 Å². The van der Waals surface area contributed by atoms with E-state index in [-0.39, 0.29) is 5.75 Å². The Kier molecular flexibility index (Phi) is 3.74. The molecule has 2 rings (SSSR count). The Morgan fingerprint density at radius 3 is 2.30 bits per heavy atom. The van der Waals surface area contributed by atoms with Crippen LogP contribution in [0.1, 0.15) is 16.1 Å². The zero-order valence-corrected chi connectivity index (χ0v) is 10.4. The Balaban J connectivity index is 2.26. The fourth-order valence-electron chi connectivity index (χ4n) is 1.72. The van der Waals surface area contributed by atoms with Gasteiger partial charge in [-0.3, -0.25) is 9.78 Å². The molecule has 1 heterocycles. The summed E-state index contributed by atoms with van der Waals surface area (Å²) in [5, 5.41) is 0. The average molecular weight is 281 g/mol. The van der Waals surface area contributed by atoms with E-state index in [1.807, 2.05) is 0 Å². The third kappa shape index (κ3) is 3.34. The highest BCUT2D eigenvalue weighted by Crippen LogP contribution is 2.26. The average Bonchev–Trinajstić information content (AvgIpc) is 2.37. The summed E-state index contributed by atoms with van der Waals surface area (Å²) >= 11 is 0. The van der Waals surface area contributed by atoms with Crippen LogP contribution in [0.25, 0.3) is 11.1 Å². The molecule has 2 aromatic rings. The zero-order valence-electron chi connectivity index (χ0n) is 10.4. The van der Waals surface area contributed by atoms with Gasteiger partial charge in [0.15, 0.2) is 6.29 Å². The van der Waals surface area contributed by atoms with Crippen LogP contribution in [-0.4, -0.2) is 17.6 Å². The van der Waals surface area contributed by atoms with Gasteiger partial charge in [-0.25, -0.2) is 0 Å². The summed E-state index contributed by atoms with van der Waals surface area (Å²) in [7, 11) is 0. The molecule has 1 aromatic heterocycles. The molecule has 104 valence electrons. The molecule has 20 heavy (non-hydrogen) atoms. The van der Waals surface area contributed by atoms with E-state index in [1.54, 1.807) is 13.0 Å². The predicted octanol–water partition coefficient (Wildman–Crippen LogP) is 3.77. The number of carbonyl (C=O) groups excluding carboxylic acids is 1. The lowest BCUT2D eigenvalue weighted by Crippen LogP contribution is -2.16. The second-order valence-electron chi connectivity index (χ2n) is 4.12. The first-order valence-electron chi connectivity index (χ1n) is 5.67. The van der Waals surface area contributed by atoms with Crippen LogP contribution >= 0.6 is 0 Å². The van der Waals surface area contributed by atoms with Gasteiger partial charge < -0.3 is 4.74 Å². The maximum atomic E-state index is 12.0. The number of ether oxygens (including phenoxy) is 1.